The molecule has 0 bridgehead atoms. The topological polar surface area (TPSA) is 26.0 Å². The van der Waals surface area contributed by atoms with E-state index in [1.807, 2.05) is 19.9 Å². The van der Waals surface area contributed by atoms with E-state index in [4.69, 9.17) is 27.7 Å². The largest absolute Gasteiger partial charge is 0.361 e. The molecule has 16 heavy (non-hydrogen) atoms. The summed E-state index contributed by atoms with van der Waals surface area (Å²) in [5.74, 6) is 0.813. The summed E-state index contributed by atoms with van der Waals surface area (Å²) in [5, 5.41) is 5.22. The molecule has 1 heterocycles. The number of aromatic nitrogens is 1. The average Bonchev–Trinajstić information content (AvgIpc) is 2.59. The van der Waals surface area contributed by atoms with Crippen LogP contribution in [-0.2, 0) is 6.42 Å². The molecule has 0 atom stereocenters. The first-order valence-electron chi connectivity index (χ1n) is 5.04. The maximum absolute atomic E-state index is 6.14. The first kappa shape index (κ1) is 11.5. The normalized spacial score (nSPS) is 10.8. The van der Waals surface area contributed by atoms with Gasteiger partial charge < -0.3 is 4.52 Å². The van der Waals surface area contributed by atoms with Gasteiger partial charge in [-0.05, 0) is 25.5 Å². The summed E-state index contributed by atoms with van der Waals surface area (Å²) >= 11 is 12.3. The van der Waals surface area contributed by atoms with Gasteiger partial charge >= 0.3 is 0 Å². The van der Waals surface area contributed by atoms with Gasteiger partial charge in [-0.3, -0.25) is 0 Å². The molecule has 0 saturated carbocycles. The van der Waals surface area contributed by atoms with E-state index in [9.17, 15) is 0 Å². The van der Waals surface area contributed by atoms with Gasteiger partial charge in [-0.2, -0.15) is 0 Å². The molecule has 0 unspecified atom stereocenters. The summed E-state index contributed by atoms with van der Waals surface area (Å²) in [6.45, 7) is 3.94. The fraction of sp³-hybridized carbons (Fsp3) is 0.250. The Labute approximate surface area is 104 Å². The lowest BCUT2D eigenvalue weighted by atomic mass is 10.0. The predicted molar refractivity (Wildman–Crippen MR) is 66.1 cm³/mol. The molecule has 1 aromatic carbocycles. The van der Waals surface area contributed by atoms with Gasteiger partial charge in [-0.1, -0.05) is 41.3 Å². The van der Waals surface area contributed by atoms with Crippen molar-refractivity contribution >= 4 is 23.2 Å². The second-order valence-corrected chi connectivity index (χ2v) is 4.33. The van der Waals surface area contributed by atoms with Crippen molar-refractivity contribution in [2.45, 2.75) is 20.3 Å². The molecule has 0 N–H and O–H groups in total. The molecule has 84 valence electrons. The molecular formula is C12H11Cl2NO. The molecule has 0 aliphatic carbocycles. The summed E-state index contributed by atoms with van der Waals surface area (Å²) < 4.78 is 5.18. The van der Waals surface area contributed by atoms with Crippen LogP contribution in [0.1, 0.15) is 18.2 Å². The lowest BCUT2D eigenvalue weighted by Gasteiger charge is -2.04. The summed E-state index contributed by atoms with van der Waals surface area (Å²) in [7, 11) is 0. The van der Waals surface area contributed by atoms with Crippen LogP contribution < -0.4 is 0 Å². The van der Waals surface area contributed by atoms with Gasteiger partial charge in [0.2, 0.25) is 0 Å². The highest BCUT2D eigenvalue weighted by molar-refractivity contribution is 6.39. The van der Waals surface area contributed by atoms with Crippen molar-refractivity contribution in [3.63, 3.8) is 0 Å². The SMILES string of the molecule is CCc1c(-c2c(Cl)cccc2Cl)noc1C. The monoisotopic (exact) mass is 255 g/mol. The van der Waals surface area contributed by atoms with E-state index in [-0.39, 0.29) is 0 Å². The Hall–Kier alpha value is -0.990. The predicted octanol–water partition coefficient (Wildman–Crippen LogP) is 4.52. The first-order valence-corrected chi connectivity index (χ1v) is 5.80. The molecule has 2 nitrogen and oxygen atoms in total. The van der Waals surface area contributed by atoms with Gasteiger partial charge in [-0.25, -0.2) is 0 Å². The van der Waals surface area contributed by atoms with Crippen molar-refractivity contribution in [3.8, 4) is 11.3 Å². The molecule has 0 saturated heterocycles. The van der Waals surface area contributed by atoms with Crippen LogP contribution in [-0.4, -0.2) is 5.16 Å². The second-order valence-electron chi connectivity index (χ2n) is 3.52. The number of nitrogens with zero attached hydrogens (tertiary/aromatic N) is 1. The standard InChI is InChI=1S/C12H11Cl2NO/c1-3-8-7(2)16-15-12(8)11-9(13)5-4-6-10(11)14/h4-6H,3H2,1-2H3. The zero-order chi connectivity index (χ0) is 11.7. The van der Waals surface area contributed by atoms with Gasteiger partial charge in [0.15, 0.2) is 0 Å². The Kier molecular flexibility index (Phi) is 3.22. The molecule has 0 fully saturated rings. The smallest absolute Gasteiger partial charge is 0.137 e. The second kappa shape index (κ2) is 4.48. The number of aryl methyl sites for hydroxylation is 1. The Morgan fingerprint density at radius 2 is 1.88 bits per heavy atom. The summed E-state index contributed by atoms with van der Waals surface area (Å²) in [4.78, 5) is 0. The Bertz CT molecular complexity index is 499. The Morgan fingerprint density at radius 3 is 2.44 bits per heavy atom. The summed E-state index contributed by atoms with van der Waals surface area (Å²) in [6.07, 6.45) is 0.840. The fourth-order valence-electron chi connectivity index (χ4n) is 1.73. The van der Waals surface area contributed by atoms with Crippen molar-refractivity contribution in [1.82, 2.24) is 5.16 Å². The summed E-state index contributed by atoms with van der Waals surface area (Å²) in [6, 6.07) is 5.41. The van der Waals surface area contributed by atoms with Crippen molar-refractivity contribution in [1.29, 1.82) is 0 Å². The van der Waals surface area contributed by atoms with Crippen LogP contribution >= 0.6 is 23.2 Å². The lowest BCUT2D eigenvalue weighted by molar-refractivity contribution is 0.398. The van der Waals surface area contributed by atoms with Gasteiger partial charge in [0.05, 0.1) is 10.0 Å². The molecule has 1 aromatic heterocycles. The van der Waals surface area contributed by atoms with E-state index < -0.39 is 0 Å². The van der Waals surface area contributed by atoms with Gasteiger partial charge in [-0.15, -0.1) is 0 Å². The minimum absolute atomic E-state index is 0.593. The minimum Gasteiger partial charge on any atom is -0.361 e. The molecule has 0 radical (unpaired) electrons. The Morgan fingerprint density at radius 1 is 1.25 bits per heavy atom. The Balaban J connectivity index is 2.67. The van der Waals surface area contributed by atoms with Crippen LogP contribution in [0.4, 0.5) is 0 Å². The molecule has 4 heteroatoms. The van der Waals surface area contributed by atoms with Gasteiger partial charge in [0.25, 0.3) is 0 Å². The highest BCUT2D eigenvalue weighted by Gasteiger charge is 2.17. The zero-order valence-corrected chi connectivity index (χ0v) is 10.6. The molecule has 2 aromatic rings. The molecule has 0 aliphatic heterocycles. The average molecular weight is 256 g/mol. The van der Waals surface area contributed by atoms with Crippen molar-refractivity contribution < 1.29 is 4.52 Å². The van der Waals surface area contributed by atoms with E-state index in [1.165, 1.54) is 0 Å². The quantitative estimate of drug-likeness (QED) is 0.789. The van der Waals surface area contributed by atoms with E-state index in [0.717, 1.165) is 29.0 Å². The van der Waals surface area contributed by atoms with E-state index in [0.29, 0.717) is 10.0 Å². The van der Waals surface area contributed by atoms with Crippen LogP contribution in [0.5, 0.6) is 0 Å². The van der Waals surface area contributed by atoms with Crippen LogP contribution in [0.3, 0.4) is 0 Å². The van der Waals surface area contributed by atoms with Gasteiger partial charge in [0.1, 0.15) is 11.5 Å². The van der Waals surface area contributed by atoms with Crippen LogP contribution in [0, 0.1) is 6.92 Å². The third-order valence-electron chi connectivity index (χ3n) is 2.54. The van der Waals surface area contributed by atoms with Crippen LogP contribution in [0.15, 0.2) is 22.7 Å². The number of halogens is 2. The third kappa shape index (κ3) is 1.83. The number of hydrogen-bond donors (Lipinski definition) is 0. The maximum atomic E-state index is 6.14. The number of benzene rings is 1. The highest BCUT2D eigenvalue weighted by atomic mass is 35.5. The molecule has 2 rings (SSSR count). The molecule has 0 spiro atoms. The maximum Gasteiger partial charge on any atom is 0.137 e. The number of hydrogen-bond acceptors (Lipinski definition) is 2. The molecule has 0 amide bonds. The van der Waals surface area contributed by atoms with E-state index in [2.05, 4.69) is 5.16 Å². The van der Waals surface area contributed by atoms with E-state index >= 15 is 0 Å². The lowest BCUT2D eigenvalue weighted by Crippen LogP contribution is -1.88. The van der Waals surface area contributed by atoms with Crippen molar-refractivity contribution in [3.05, 3.63) is 39.6 Å². The third-order valence-corrected chi connectivity index (χ3v) is 3.17. The minimum atomic E-state index is 0.593. The van der Waals surface area contributed by atoms with E-state index in [1.54, 1.807) is 12.1 Å². The van der Waals surface area contributed by atoms with Gasteiger partial charge in [0, 0.05) is 11.1 Å². The van der Waals surface area contributed by atoms with Crippen molar-refractivity contribution in [2.24, 2.45) is 0 Å². The summed E-state index contributed by atoms with van der Waals surface area (Å²) in [5.41, 5.74) is 2.55. The molecule has 0 aliphatic rings. The number of rotatable bonds is 2. The van der Waals surface area contributed by atoms with Crippen LogP contribution in [0.2, 0.25) is 10.0 Å². The van der Waals surface area contributed by atoms with Crippen LogP contribution in [0.25, 0.3) is 11.3 Å². The zero-order valence-electron chi connectivity index (χ0n) is 9.05. The first-order chi connectivity index (χ1) is 7.65. The van der Waals surface area contributed by atoms with Crippen molar-refractivity contribution in [2.75, 3.05) is 0 Å². The fourth-order valence-corrected chi connectivity index (χ4v) is 2.30. The highest BCUT2D eigenvalue weighted by Crippen LogP contribution is 2.36. The molecular weight excluding hydrogens is 245 g/mol.